The van der Waals surface area contributed by atoms with Crippen LogP contribution in [0.3, 0.4) is 0 Å². The second-order valence-electron chi connectivity index (χ2n) is 4.84. The van der Waals surface area contributed by atoms with E-state index in [2.05, 4.69) is 6.07 Å². The van der Waals surface area contributed by atoms with Crippen LogP contribution < -0.4 is 5.56 Å². The normalized spacial score (nSPS) is 11.5. The van der Waals surface area contributed by atoms with Gasteiger partial charge in [0, 0.05) is 18.0 Å². The number of benzene rings is 1. The predicted molar refractivity (Wildman–Crippen MR) is 72.8 cm³/mol. The third kappa shape index (κ3) is 1.79. The molecule has 0 unspecified atom stereocenters. The molecule has 0 aliphatic rings. The van der Waals surface area contributed by atoms with Crippen molar-refractivity contribution in [2.24, 2.45) is 7.05 Å². The number of pyridine rings is 1. The van der Waals surface area contributed by atoms with E-state index in [0.717, 1.165) is 5.39 Å². The molecule has 1 heterocycles. The van der Waals surface area contributed by atoms with E-state index in [0.29, 0.717) is 16.1 Å². The van der Waals surface area contributed by atoms with Gasteiger partial charge in [-0.15, -0.1) is 0 Å². The Morgan fingerprint density at radius 2 is 2.06 bits per heavy atom. The zero-order chi connectivity index (χ0) is 13.5. The highest BCUT2D eigenvalue weighted by Gasteiger charge is 2.25. The Kier molecular flexibility index (Phi) is 2.92. The highest BCUT2D eigenvalue weighted by molar-refractivity contribution is 6.35. The topological polar surface area (TPSA) is 45.8 Å². The molecule has 2 rings (SSSR count). The first-order chi connectivity index (χ1) is 8.38. The second kappa shape index (κ2) is 4.15. The molecular formula is C14H13ClN2O. The van der Waals surface area contributed by atoms with Crippen molar-refractivity contribution in [3.8, 4) is 6.07 Å². The van der Waals surface area contributed by atoms with E-state index in [-0.39, 0.29) is 5.56 Å². The van der Waals surface area contributed by atoms with Gasteiger partial charge in [-0.25, -0.2) is 0 Å². The van der Waals surface area contributed by atoms with Gasteiger partial charge < -0.3 is 4.57 Å². The van der Waals surface area contributed by atoms with Crippen LogP contribution in [-0.2, 0) is 12.5 Å². The van der Waals surface area contributed by atoms with Crippen molar-refractivity contribution in [2.75, 3.05) is 0 Å². The first kappa shape index (κ1) is 12.7. The number of nitrogens with zero attached hydrogens (tertiary/aromatic N) is 2. The number of hydrogen-bond donors (Lipinski definition) is 0. The summed E-state index contributed by atoms with van der Waals surface area (Å²) in [6.45, 7) is 3.47. The zero-order valence-electron chi connectivity index (χ0n) is 10.5. The molecule has 0 amide bonds. The average Bonchev–Trinajstić information content (AvgIpc) is 2.33. The lowest BCUT2D eigenvalue weighted by Gasteiger charge is -2.17. The van der Waals surface area contributed by atoms with E-state index < -0.39 is 5.41 Å². The molecule has 18 heavy (non-hydrogen) atoms. The number of para-hydroxylation sites is 1. The summed E-state index contributed by atoms with van der Waals surface area (Å²) >= 11 is 6.11. The van der Waals surface area contributed by atoms with Crippen LogP contribution >= 0.6 is 11.6 Å². The minimum Gasteiger partial charge on any atom is -0.310 e. The molecule has 0 aliphatic carbocycles. The van der Waals surface area contributed by atoms with E-state index >= 15 is 0 Å². The monoisotopic (exact) mass is 260 g/mol. The summed E-state index contributed by atoms with van der Waals surface area (Å²) in [6, 6.07) is 9.38. The Morgan fingerprint density at radius 1 is 1.39 bits per heavy atom. The maximum Gasteiger partial charge on any atom is 0.255 e. The molecule has 3 nitrogen and oxygen atoms in total. The summed E-state index contributed by atoms with van der Waals surface area (Å²) in [5.74, 6) is 0. The molecule has 4 heteroatoms. The van der Waals surface area contributed by atoms with Crippen molar-refractivity contribution in [1.29, 1.82) is 5.26 Å². The molecule has 1 aromatic carbocycles. The molecule has 0 saturated heterocycles. The lowest BCUT2D eigenvalue weighted by Crippen LogP contribution is -2.30. The van der Waals surface area contributed by atoms with Crippen LogP contribution in [0.2, 0.25) is 5.02 Å². The van der Waals surface area contributed by atoms with E-state index in [1.807, 2.05) is 12.1 Å². The standard InChI is InChI=1S/C14H13ClN2O/c1-14(2,8-16)10-7-9-5-4-6-11(15)12(9)17(3)13(10)18/h4-7H,1-3H3. The number of halogens is 1. The second-order valence-corrected chi connectivity index (χ2v) is 5.24. The third-order valence-corrected chi connectivity index (χ3v) is 3.45. The van der Waals surface area contributed by atoms with Crippen molar-refractivity contribution >= 4 is 22.5 Å². The quantitative estimate of drug-likeness (QED) is 0.791. The van der Waals surface area contributed by atoms with E-state index in [4.69, 9.17) is 16.9 Å². The van der Waals surface area contributed by atoms with Crippen LogP contribution in [-0.4, -0.2) is 4.57 Å². The minimum absolute atomic E-state index is 0.179. The lowest BCUT2D eigenvalue weighted by atomic mass is 9.86. The fourth-order valence-electron chi connectivity index (χ4n) is 2.01. The molecule has 92 valence electrons. The maximum atomic E-state index is 12.3. The van der Waals surface area contributed by atoms with Gasteiger partial charge in [0.15, 0.2) is 0 Å². The molecule has 0 aliphatic heterocycles. The zero-order valence-corrected chi connectivity index (χ0v) is 11.2. The molecular weight excluding hydrogens is 248 g/mol. The number of nitriles is 1. The van der Waals surface area contributed by atoms with Crippen molar-refractivity contribution in [2.45, 2.75) is 19.3 Å². The fraction of sp³-hybridized carbons (Fsp3) is 0.286. The third-order valence-electron chi connectivity index (χ3n) is 3.14. The van der Waals surface area contributed by atoms with Gasteiger partial charge >= 0.3 is 0 Å². The number of fused-ring (bicyclic) bond motifs is 1. The van der Waals surface area contributed by atoms with Crippen LogP contribution in [0, 0.1) is 11.3 Å². The Balaban J connectivity index is 2.95. The predicted octanol–water partition coefficient (Wildman–Crippen LogP) is 2.99. The van der Waals surface area contributed by atoms with Gasteiger partial charge in [0.1, 0.15) is 0 Å². The van der Waals surface area contributed by atoms with E-state index in [9.17, 15) is 4.79 Å². The van der Waals surface area contributed by atoms with Crippen molar-refractivity contribution in [3.63, 3.8) is 0 Å². The van der Waals surface area contributed by atoms with Gasteiger partial charge in [0.25, 0.3) is 5.56 Å². The van der Waals surface area contributed by atoms with Gasteiger partial charge in [-0.05, 0) is 26.0 Å². The molecule has 0 radical (unpaired) electrons. The Hall–Kier alpha value is -1.79. The minimum atomic E-state index is -0.814. The summed E-state index contributed by atoms with van der Waals surface area (Å²) in [6.07, 6.45) is 0. The Bertz CT molecular complexity index is 723. The number of aryl methyl sites for hydroxylation is 1. The van der Waals surface area contributed by atoms with Crippen molar-refractivity contribution in [3.05, 3.63) is 45.2 Å². The summed E-state index contributed by atoms with van der Waals surface area (Å²) in [5.41, 5.74) is 0.191. The molecule has 0 fully saturated rings. The number of hydrogen-bond acceptors (Lipinski definition) is 2. The molecule has 0 N–H and O–H groups in total. The fourth-order valence-corrected chi connectivity index (χ4v) is 2.32. The number of aromatic nitrogens is 1. The summed E-state index contributed by atoms with van der Waals surface area (Å²) < 4.78 is 1.51. The van der Waals surface area contributed by atoms with Gasteiger partial charge in [-0.3, -0.25) is 4.79 Å². The molecule has 0 spiro atoms. The molecule has 1 aromatic heterocycles. The van der Waals surface area contributed by atoms with Crippen LogP contribution in [0.15, 0.2) is 29.1 Å². The van der Waals surface area contributed by atoms with Gasteiger partial charge in [-0.2, -0.15) is 5.26 Å². The first-order valence-corrected chi connectivity index (χ1v) is 5.96. The Morgan fingerprint density at radius 3 is 2.67 bits per heavy atom. The lowest BCUT2D eigenvalue weighted by molar-refractivity contribution is 0.665. The van der Waals surface area contributed by atoms with Gasteiger partial charge in [0.2, 0.25) is 0 Å². The smallest absolute Gasteiger partial charge is 0.255 e. The van der Waals surface area contributed by atoms with Crippen LogP contribution in [0.1, 0.15) is 19.4 Å². The van der Waals surface area contributed by atoms with Gasteiger partial charge in [0.05, 0.1) is 22.0 Å². The largest absolute Gasteiger partial charge is 0.310 e. The Labute approximate surface area is 110 Å². The number of rotatable bonds is 1. The van der Waals surface area contributed by atoms with Crippen LogP contribution in [0.4, 0.5) is 0 Å². The molecule has 0 atom stereocenters. The maximum absolute atomic E-state index is 12.3. The average molecular weight is 261 g/mol. The van der Waals surface area contributed by atoms with E-state index in [1.165, 1.54) is 4.57 Å². The first-order valence-electron chi connectivity index (χ1n) is 5.58. The van der Waals surface area contributed by atoms with Crippen molar-refractivity contribution in [1.82, 2.24) is 4.57 Å². The summed E-state index contributed by atoms with van der Waals surface area (Å²) in [5, 5.41) is 10.6. The highest BCUT2D eigenvalue weighted by atomic mass is 35.5. The molecule has 0 saturated carbocycles. The van der Waals surface area contributed by atoms with Crippen LogP contribution in [0.25, 0.3) is 10.9 Å². The van der Waals surface area contributed by atoms with E-state index in [1.54, 1.807) is 33.0 Å². The molecule has 0 bridgehead atoms. The highest BCUT2D eigenvalue weighted by Crippen LogP contribution is 2.26. The van der Waals surface area contributed by atoms with Crippen molar-refractivity contribution < 1.29 is 0 Å². The SMILES string of the molecule is Cn1c(=O)c(C(C)(C)C#N)cc2cccc(Cl)c21. The summed E-state index contributed by atoms with van der Waals surface area (Å²) in [7, 11) is 1.67. The van der Waals surface area contributed by atoms with Crippen LogP contribution in [0.5, 0.6) is 0 Å². The molecule has 2 aromatic rings. The van der Waals surface area contributed by atoms with Gasteiger partial charge in [-0.1, -0.05) is 23.7 Å². The summed E-state index contributed by atoms with van der Waals surface area (Å²) in [4.78, 5) is 12.3.